The molecule has 0 aliphatic heterocycles. The number of rotatable bonds is 14. The van der Waals surface area contributed by atoms with Gasteiger partial charge in [-0.25, -0.2) is 14.4 Å². The van der Waals surface area contributed by atoms with Crippen LogP contribution < -0.4 is 15.2 Å². The fourth-order valence-corrected chi connectivity index (χ4v) is 2.71. The summed E-state index contributed by atoms with van der Waals surface area (Å²) in [6.45, 7) is 7.01. The van der Waals surface area contributed by atoms with Gasteiger partial charge in [0.1, 0.15) is 18.8 Å². The maximum atomic E-state index is 12.4. The first-order chi connectivity index (χ1) is 17.2. The molecule has 0 aliphatic rings. The molecule has 36 heavy (non-hydrogen) atoms. The number of hydrogen-bond donors (Lipinski definition) is 1. The first-order valence-electron chi connectivity index (χ1n) is 11.8. The molecule has 12 nitrogen and oxygen atoms in total. The summed E-state index contributed by atoms with van der Waals surface area (Å²) in [5.41, 5.74) is 6.44. The quantitative estimate of drug-likeness (QED) is 0.166. The average Bonchev–Trinajstić information content (AvgIpc) is 2.82. The van der Waals surface area contributed by atoms with Crippen LogP contribution in [0.5, 0.6) is 11.5 Å². The van der Waals surface area contributed by atoms with E-state index in [4.69, 9.17) is 38.9 Å². The van der Waals surface area contributed by atoms with Crippen molar-refractivity contribution in [2.75, 3.05) is 26.4 Å². The van der Waals surface area contributed by atoms with Crippen LogP contribution in [0.25, 0.3) is 0 Å². The zero-order valence-corrected chi connectivity index (χ0v) is 21.1. The molecule has 0 spiro atoms. The van der Waals surface area contributed by atoms with Crippen LogP contribution in [0.15, 0.2) is 18.2 Å². The maximum absolute atomic E-state index is 12.4. The van der Waals surface area contributed by atoms with E-state index in [0.717, 1.165) is 19.3 Å². The second kappa shape index (κ2) is 17.0. The molecular weight excluding hydrogens is 478 g/mol. The van der Waals surface area contributed by atoms with Gasteiger partial charge in [0.2, 0.25) is 0 Å². The van der Waals surface area contributed by atoms with E-state index in [0.29, 0.717) is 5.56 Å². The molecule has 0 amide bonds. The summed E-state index contributed by atoms with van der Waals surface area (Å²) >= 11 is 0. The van der Waals surface area contributed by atoms with Crippen molar-refractivity contribution < 1.29 is 52.3 Å². The van der Waals surface area contributed by atoms with Crippen molar-refractivity contribution in [1.29, 1.82) is 0 Å². The van der Waals surface area contributed by atoms with Gasteiger partial charge in [-0.1, -0.05) is 25.8 Å². The van der Waals surface area contributed by atoms with E-state index in [1.54, 1.807) is 20.8 Å². The summed E-state index contributed by atoms with van der Waals surface area (Å²) in [6.07, 6.45) is -0.899. The van der Waals surface area contributed by atoms with Gasteiger partial charge >= 0.3 is 24.4 Å². The number of unbranched alkanes of at least 4 members (excludes halogenated alkanes) is 2. The van der Waals surface area contributed by atoms with Crippen LogP contribution in [0.1, 0.15) is 52.5 Å². The van der Waals surface area contributed by atoms with E-state index in [1.165, 1.54) is 18.2 Å². The lowest BCUT2D eigenvalue weighted by Crippen LogP contribution is -2.37. The Bertz CT molecular complexity index is 858. The van der Waals surface area contributed by atoms with Gasteiger partial charge in [-0.3, -0.25) is 4.79 Å². The lowest BCUT2D eigenvalue weighted by Gasteiger charge is -2.17. The summed E-state index contributed by atoms with van der Waals surface area (Å²) in [6, 6.07) is 3.18. The van der Waals surface area contributed by atoms with Gasteiger partial charge in [0, 0.05) is 0 Å². The van der Waals surface area contributed by atoms with Crippen molar-refractivity contribution in [1.82, 2.24) is 0 Å². The second-order valence-corrected chi connectivity index (χ2v) is 7.53. The first kappa shape index (κ1) is 30.5. The molecule has 2 atom stereocenters. The fourth-order valence-electron chi connectivity index (χ4n) is 2.71. The van der Waals surface area contributed by atoms with Gasteiger partial charge in [0.25, 0.3) is 0 Å². The molecule has 1 aromatic carbocycles. The van der Waals surface area contributed by atoms with Gasteiger partial charge in [-0.15, -0.1) is 0 Å². The van der Waals surface area contributed by atoms with E-state index >= 15 is 0 Å². The van der Waals surface area contributed by atoms with Gasteiger partial charge in [-0.05, 0) is 51.3 Å². The summed E-state index contributed by atoms with van der Waals surface area (Å²) in [5, 5.41) is 0. The minimum atomic E-state index is -1.08. The third-order valence-electron chi connectivity index (χ3n) is 4.40. The Morgan fingerprint density at radius 2 is 1.47 bits per heavy atom. The van der Waals surface area contributed by atoms with Gasteiger partial charge in [-0.2, -0.15) is 0 Å². The molecule has 0 unspecified atom stereocenters. The third kappa shape index (κ3) is 12.2. The van der Waals surface area contributed by atoms with Crippen molar-refractivity contribution >= 4 is 24.4 Å². The lowest BCUT2D eigenvalue weighted by atomic mass is 10.1. The number of nitrogens with two attached hydrogens (primary N) is 1. The average molecular weight is 514 g/mol. The monoisotopic (exact) mass is 513 g/mol. The molecule has 12 heteroatoms. The Hall–Kier alpha value is -3.54. The van der Waals surface area contributed by atoms with Crippen molar-refractivity contribution in [3.63, 3.8) is 0 Å². The third-order valence-corrected chi connectivity index (χ3v) is 4.40. The molecule has 0 saturated carbocycles. The van der Waals surface area contributed by atoms with E-state index in [9.17, 15) is 19.2 Å². The Kier molecular flexibility index (Phi) is 14.4. The van der Waals surface area contributed by atoms with Crippen molar-refractivity contribution in [2.24, 2.45) is 5.73 Å². The van der Waals surface area contributed by atoms with Gasteiger partial charge < -0.3 is 38.9 Å². The number of ether oxygens (including phenoxy) is 7. The zero-order chi connectivity index (χ0) is 26.9. The summed E-state index contributed by atoms with van der Waals surface area (Å²) in [7, 11) is 0. The highest BCUT2D eigenvalue weighted by Crippen LogP contribution is 2.30. The normalized spacial score (nSPS) is 12.0. The van der Waals surface area contributed by atoms with E-state index < -0.39 is 36.6 Å². The van der Waals surface area contributed by atoms with Crippen LogP contribution in [0, 0.1) is 0 Å². The standard InChI is InChI=1S/C24H35NO11/c1-5-8-9-12-32-22(27)33-15-16(4)34-21(26)18(25)13-17-10-11-19(35-23(28)30-6-2)20(14-17)36-24(29)31-7-3/h10-11,14,16,18H,5-9,12-13,15,25H2,1-4H3/t16-,18-/m0/s1. The minimum absolute atomic E-state index is 0.00471. The smallest absolute Gasteiger partial charge is 0.458 e. The van der Waals surface area contributed by atoms with Crippen molar-refractivity contribution in [3.05, 3.63) is 23.8 Å². The molecular formula is C24H35NO11. The molecule has 2 N–H and O–H groups in total. The lowest BCUT2D eigenvalue weighted by molar-refractivity contribution is -0.152. The number of carbonyl (C=O) groups excluding carboxylic acids is 4. The van der Waals surface area contributed by atoms with Crippen LogP contribution >= 0.6 is 0 Å². The molecule has 0 bridgehead atoms. The van der Waals surface area contributed by atoms with Crippen molar-refractivity contribution in [2.45, 2.75) is 65.5 Å². The van der Waals surface area contributed by atoms with E-state index in [-0.39, 0.29) is 44.3 Å². The van der Waals surface area contributed by atoms with E-state index in [1.807, 2.05) is 6.92 Å². The SMILES string of the molecule is CCCCCOC(=O)OC[C@H](C)OC(=O)[C@@H](N)Cc1ccc(OC(=O)OCC)c(OC(=O)OCC)c1. The van der Waals surface area contributed by atoms with Crippen LogP contribution in [0.2, 0.25) is 0 Å². The molecule has 0 aliphatic carbocycles. The van der Waals surface area contributed by atoms with Crippen molar-refractivity contribution in [3.8, 4) is 11.5 Å². The Morgan fingerprint density at radius 1 is 0.833 bits per heavy atom. The number of carbonyl (C=O) groups is 4. The molecule has 0 saturated heterocycles. The Labute approximate surface area is 210 Å². The summed E-state index contributed by atoms with van der Waals surface area (Å²) in [4.78, 5) is 47.4. The highest BCUT2D eigenvalue weighted by molar-refractivity contribution is 5.76. The van der Waals surface area contributed by atoms with Crippen LogP contribution in [0.3, 0.4) is 0 Å². The largest absolute Gasteiger partial charge is 0.513 e. The highest BCUT2D eigenvalue weighted by atomic mass is 16.7. The molecule has 1 rings (SSSR count). The maximum Gasteiger partial charge on any atom is 0.513 e. The minimum Gasteiger partial charge on any atom is -0.458 e. The molecule has 0 aromatic heterocycles. The molecule has 202 valence electrons. The molecule has 1 aromatic rings. The van der Waals surface area contributed by atoms with Crippen LogP contribution in [-0.2, 0) is 34.9 Å². The predicted molar refractivity (Wildman–Crippen MR) is 126 cm³/mol. The van der Waals surface area contributed by atoms with Gasteiger partial charge in [0.05, 0.1) is 19.8 Å². The fraction of sp³-hybridized carbons (Fsp3) is 0.583. The highest BCUT2D eigenvalue weighted by Gasteiger charge is 2.22. The predicted octanol–water partition coefficient (Wildman–Crippen LogP) is 3.90. The number of hydrogen-bond acceptors (Lipinski definition) is 12. The number of benzene rings is 1. The molecule has 0 radical (unpaired) electrons. The Balaban J connectivity index is 2.69. The van der Waals surface area contributed by atoms with Gasteiger partial charge in [0.15, 0.2) is 11.5 Å². The second-order valence-electron chi connectivity index (χ2n) is 7.53. The summed E-state index contributed by atoms with van der Waals surface area (Å²) in [5.74, 6) is -0.949. The summed E-state index contributed by atoms with van der Waals surface area (Å²) < 4.78 is 34.7. The number of esters is 1. The first-order valence-corrected chi connectivity index (χ1v) is 11.8. The molecule has 0 heterocycles. The van der Waals surface area contributed by atoms with E-state index in [2.05, 4.69) is 0 Å². The molecule has 0 fully saturated rings. The zero-order valence-electron chi connectivity index (χ0n) is 21.1. The topological polar surface area (TPSA) is 159 Å². The van der Waals surface area contributed by atoms with Crippen LogP contribution in [-0.4, -0.2) is 63.0 Å². The van der Waals surface area contributed by atoms with Crippen LogP contribution in [0.4, 0.5) is 14.4 Å². The Morgan fingerprint density at radius 3 is 2.08 bits per heavy atom.